The second kappa shape index (κ2) is 11.2. The molecule has 33 heavy (non-hydrogen) atoms. The van der Waals surface area contributed by atoms with Crippen LogP contribution in [0.25, 0.3) is 0 Å². The van der Waals surface area contributed by atoms with E-state index < -0.39 is 18.0 Å². The van der Waals surface area contributed by atoms with Crippen molar-refractivity contribution in [2.75, 3.05) is 4.90 Å². The van der Waals surface area contributed by atoms with Crippen molar-refractivity contribution in [1.29, 1.82) is 0 Å². The van der Waals surface area contributed by atoms with E-state index >= 15 is 0 Å². The zero-order chi connectivity index (χ0) is 23.8. The van der Waals surface area contributed by atoms with Gasteiger partial charge in [0.2, 0.25) is 6.04 Å². The van der Waals surface area contributed by atoms with E-state index in [9.17, 15) is 9.59 Å². The smallest absolute Gasteiger partial charge is 0.341 e. The molecule has 0 spiro atoms. The third-order valence-electron chi connectivity index (χ3n) is 4.54. The zero-order valence-electron chi connectivity index (χ0n) is 19.3. The molecule has 0 radical (unpaired) electrons. The van der Waals surface area contributed by atoms with Crippen LogP contribution in [0.3, 0.4) is 0 Å². The summed E-state index contributed by atoms with van der Waals surface area (Å²) in [5.74, 6) is -0.0127. The first-order chi connectivity index (χ1) is 15.8. The molecular formula is C27H29NO5. The fourth-order valence-electron chi connectivity index (χ4n) is 3.24. The fourth-order valence-corrected chi connectivity index (χ4v) is 3.24. The Bertz CT molecular complexity index is 1010. The summed E-state index contributed by atoms with van der Waals surface area (Å²) in [6.45, 7) is 6.97. The topological polar surface area (TPSA) is 65.1 Å². The van der Waals surface area contributed by atoms with Gasteiger partial charge in [-0.2, -0.15) is 0 Å². The molecule has 3 rings (SSSR count). The van der Waals surface area contributed by atoms with Gasteiger partial charge in [0.1, 0.15) is 11.5 Å². The van der Waals surface area contributed by atoms with E-state index in [1.807, 2.05) is 60.7 Å². The van der Waals surface area contributed by atoms with Crippen molar-refractivity contribution in [1.82, 2.24) is 0 Å². The molecule has 0 aliphatic rings. The first kappa shape index (κ1) is 23.9. The molecule has 172 valence electrons. The third kappa shape index (κ3) is 6.59. The number of esters is 2. The SMILES string of the molecule is CC(C)OC(=O)C(C(=O)OC(C)C)N(c1ccccc1)c1ccc(Oc2ccccc2)cc1. The lowest BCUT2D eigenvalue weighted by Gasteiger charge is -2.31. The Balaban J connectivity index is 2.00. The highest BCUT2D eigenvalue weighted by molar-refractivity contribution is 6.04. The molecule has 0 bridgehead atoms. The maximum Gasteiger partial charge on any atom is 0.341 e. The van der Waals surface area contributed by atoms with Gasteiger partial charge in [0.25, 0.3) is 0 Å². The van der Waals surface area contributed by atoms with Crippen LogP contribution in [0.1, 0.15) is 27.7 Å². The highest BCUT2D eigenvalue weighted by atomic mass is 16.6. The van der Waals surface area contributed by atoms with Crippen molar-refractivity contribution in [2.45, 2.75) is 45.9 Å². The second-order valence-electron chi connectivity index (χ2n) is 7.99. The summed E-state index contributed by atoms with van der Waals surface area (Å²) < 4.78 is 16.7. The van der Waals surface area contributed by atoms with Crippen LogP contribution in [0.5, 0.6) is 11.5 Å². The molecule has 0 saturated heterocycles. The van der Waals surface area contributed by atoms with Gasteiger partial charge in [-0.25, -0.2) is 9.59 Å². The lowest BCUT2D eigenvalue weighted by Crippen LogP contribution is -2.47. The highest BCUT2D eigenvalue weighted by Crippen LogP contribution is 2.32. The number of ether oxygens (including phenoxy) is 3. The number of anilines is 2. The largest absolute Gasteiger partial charge is 0.461 e. The minimum atomic E-state index is -1.31. The lowest BCUT2D eigenvalue weighted by atomic mass is 10.1. The maximum absolute atomic E-state index is 13.1. The number of para-hydroxylation sites is 2. The van der Waals surface area contributed by atoms with Crippen LogP contribution < -0.4 is 9.64 Å². The quantitative estimate of drug-likeness (QED) is 0.301. The molecule has 0 atom stereocenters. The molecule has 0 aliphatic carbocycles. The zero-order valence-corrected chi connectivity index (χ0v) is 19.3. The van der Waals surface area contributed by atoms with Gasteiger partial charge >= 0.3 is 11.9 Å². The molecule has 0 aromatic heterocycles. The van der Waals surface area contributed by atoms with Gasteiger partial charge in [-0.3, -0.25) is 0 Å². The average molecular weight is 448 g/mol. The molecule has 0 amide bonds. The monoisotopic (exact) mass is 447 g/mol. The minimum Gasteiger partial charge on any atom is -0.461 e. The van der Waals surface area contributed by atoms with E-state index in [4.69, 9.17) is 14.2 Å². The molecule has 0 fully saturated rings. The summed E-state index contributed by atoms with van der Waals surface area (Å²) in [5, 5.41) is 0. The lowest BCUT2D eigenvalue weighted by molar-refractivity contribution is -0.160. The molecule has 3 aromatic rings. The van der Waals surface area contributed by atoms with Gasteiger partial charge in [0.05, 0.1) is 12.2 Å². The van der Waals surface area contributed by atoms with E-state index in [1.165, 1.54) is 0 Å². The fraction of sp³-hybridized carbons (Fsp3) is 0.259. The van der Waals surface area contributed by atoms with Crippen LogP contribution in [-0.4, -0.2) is 30.2 Å². The van der Waals surface area contributed by atoms with Crippen LogP contribution in [0.15, 0.2) is 84.9 Å². The molecule has 0 aliphatic heterocycles. The normalized spacial score (nSPS) is 10.9. The van der Waals surface area contributed by atoms with Gasteiger partial charge in [0.15, 0.2) is 0 Å². The highest BCUT2D eigenvalue weighted by Gasteiger charge is 2.38. The predicted octanol–water partition coefficient (Wildman–Crippen LogP) is 5.89. The Labute approximate surface area is 194 Å². The molecule has 6 heteroatoms. The molecule has 6 nitrogen and oxygen atoms in total. The van der Waals surface area contributed by atoms with Crippen molar-refractivity contribution >= 4 is 23.3 Å². The molecule has 3 aromatic carbocycles. The summed E-state index contributed by atoms with van der Waals surface area (Å²) in [6, 6.07) is 24.5. The first-order valence-corrected chi connectivity index (χ1v) is 10.9. The number of benzene rings is 3. The minimum absolute atomic E-state index is 0.383. The summed E-state index contributed by atoms with van der Waals surface area (Å²) in [4.78, 5) is 27.8. The summed E-state index contributed by atoms with van der Waals surface area (Å²) in [7, 11) is 0. The van der Waals surface area contributed by atoms with E-state index in [0.29, 0.717) is 22.9 Å². The number of hydrogen-bond acceptors (Lipinski definition) is 6. The van der Waals surface area contributed by atoms with Crippen LogP contribution >= 0.6 is 0 Å². The maximum atomic E-state index is 13.1. The Morgan fingerprint density at radius 1 is 0.606 bits per heavy atom. The van der Waals surface area contributed by atoms with Crippen LogP contribution in [0.4, 0.5) is 11.4 Å². The van der Waals surface area contributed by atoms with Crippen LogP contribution in [0, 0.1) is 0 Å². The number of carbonyl (C=O) groups excluding carboxylic acids is 2. The van der Waals surface area contributed by atoms with Crippen molar-refractivity contribution in [3.05, 3.63) is 84.9 Å². The molecular weight excluding hydrogens is 418 g/mol. The Hall–Kier alpha value is -3.80. The van der Waals surface area contributed by atoms with Crippen molar-refractivity contribution in [3.8, 4) is 11.5 Å². The summed E-state index contributed by atoms with van der Waals surface area (Å²) >= 11 is 0. The number of carbonyl (C=O) groups is 2. The van der Waals surface area contributed by atoms with Gasteiger partial charge in [-0.05, 0) is 76.2 Å². The Kier molecular flexibility index (Phi) is 8.08. The Morgan fingerprint density at radius 3 is 1.52 bits per heavy atom. The predicted molar refractivity (Wildman–Crippen MR) is 128 cm³/mol. The van der Waals surface area contributed by atoms with Crippen molar-refractivity contribution in [2.24, 2.45) is 0 Å². The molecule has 0 unspecified atom stereocenters. The van der Waals surface area contributed by atoms with E-state index in [2.05, 4.69) is 0 Å². The summed E-state index contributed by atoms with van der Waals surface area (Å²) in [5.41, 5.74) is 1.27. The number of nitrogens with zero attached hydrogens (tertiary/aromatic N) is 1. The summed E-state index contributed by atoms with van der Waals surface area (Å²) in [6.07, 6.45) is -0.766. The van der Waals surface area contributed by atoms with Gasteiger partial charge in [0, 0.05) is 11.4 Å². The second-order valence-corrected chi connectivity index (χ2v) is 7.99. The molecule has 0 saturated carbocycles. The Morgan fingerprint density at radius 2 is 1.03 bits per heavy atom. The third-order valence-corrected chi connectivity index (χ3v) is 4.54. The number of rotatable bonds is 9. The van der Waals surface area contributed by atoms with E-state index in [-0.39, 0.29) is 12.2 Å². The van der Waals surface area contributed by atoms with Crippen molar-refractivity contribution < 1.29 is 23.8 Å². The van der Waals surface area contributed by atoms with Gasteiger partial charge in [-0.15, -0.1) is 0 Å². The van der Waals surface area contributed by atoms with Crippen molar-refractivity contribution in [3.63, 3.8) is 0 Å². The van der Waals surface area contributed by atoms with E-state index in [1.54, 1.807) is 56.9 Å². The van der Waals surface area contributed by atoms with Gasteiger partial charge in [-0.1, -0.05) is 36.4 Å². The molecule has 0 N–H and O–H groups in total. The van der Waals surface area contributed by atoms with E-state index in [0.717, 1.165) is 0 Å². The molecule has 0 heterocycles. The standard InChI is InChI=1S/C27H29NO5/c1-19(2)31-26(29)25(27(30)32-20(3)4)28(21-11-7-5-8-12-21)22-15-17-24(18-16-22)33-23-13-9-6-10-14-23/h5-20,25H,1-4H3. The average Bonchev–Trinajstić information content (AvgIpc) is 2.78. The van der Waals surface area contributed by atoms with Gasteiger partial charge < -0.3 is 19.1 Å². The van der Waals surface area contributed by atoms with Crippen LogP contribution in [-0.2, 0) is 19.1 Å². The van der Waals surface area contributed by atoms with Crippen LogP contribution in [0.2, 0.25) is 0 Å². The number of hydrogen-bond donors (Lipinski definition) is 0. The first-order valence-electron chi connectivity index (χ1n) is 10.9.